The molecule has 0 heterocycles. The third kappa shape index (κ3) is 12.9. The summed E-state index contributed by atoms with van der Waals surface area (Å²) < 4.78 is 0. The summed E-state index contributed by atoms with van der Waals surface area (Å²) >= 11 is 0. The molecule has 15 heteroatoms. The average Bonchev–Trinajstić information content (AvgIpc) is 2.85. The number of carbonyl (C=O) groups is 5. The zero-order valence-corrected chi connectivity index (χ0v) is 22.6. The van der Waals surface area contributed by atoms with Crippen LogP contribution in [0, 0.1) is 5.92 Å². The van der Waals surface area contributed by atoms with Gasteiger partial charge in [-0.05, 0) is 42.9 Å². The van der Waals surface area contributed by atoms with Gasteiger partial charge in [0.25, 0.3) is 0 Å². The van der Waals surface area contributed by atoms with Crippen molar-refractivity contribution < 1.29 is 34.2 Å². The van der Waals surface area contributed by atoms with Crippen LogP contribution in [-0.2, 0) is 30.4 Å². The Morgan fingerprint density at radius 1 is 0.875 bits per heavy atom. The zero-order chi connectivity index (χ0) is 30.4. The number of hydrogen-bond donors (Lipinski definition) is 9. The number of benzene rings is 1. The van der Waals surface area contributed by atoms with E-state index in [1.807, 2.05) is 13.8 Å². The van der Waals surface area contributed by atoms with E-state index in [2.05, 4.69) is 20.9 Å². The van der Waals surface area contributed by atoms with Crippen LogP contribution in [0.4, 0.5) is 0 Å². The number of rotatable bonds is 17. The van der Waals surface area contributed by atoms with Gasteiger partial charge in [0.05, 0.1) is 12.5 Å². The van der Waals surface area contributed by atoms with Gasteiger partial charge in [0, 0.05) is 13.0 Å². The van der Waals surface area contributed by atoms with Crippen LogP contribution in [0.3, 0.4) is 0 Å². The van der Waals surface area contributed by atoms with E-state index < -0.39 is 60.2 Å². The molecule has 4 atom stereocenters. The number of carbonyl (C=O) groups excluding carboxylic acids is 4. The maximum Gasteiger partial charge on any atom is 0.326 e. The summed E-state index contributed by atoms with van der Waals surface area (Å²) in [5.74, 6) is -4.56. The van der Waals surface area contributed by atoms with Crippen LogP contribution in [-0.4, -0.2) is 76.5 Å². The summed E-state index contributed by atoms with van der Waals surface area (Å²) in [6.45, 7) is 3.79. The lowest BCUT2D eigenvalue weighted by molar-refractivity contribution is -0.142. The number of guanidine groups is 1. The normalized spacial score (nSPS) is 13.8. The smallest absolute Gasteiger partial charge is 0.326 e. The van der Waals surface area contributed by atoms with Gasteiger partial charge >= 0.3 is 5.97 Å². The van der Waals surface area contributed by atoms with Gasteiger partial charge in [-0.25, -0.2) is 4.79 Å². The predicted molar refractivity (Wildman–Crippen MR) is 146 cm³/mol. The highest BCUT2D eigenvalue weighted by molar-refractivity contribution is 5.95. The minimum atomic E-state index is -1.29. The van der Waals surface area contributed by atoms with Crippen LogP contribution < -0.4 is 38.9 Å². The van der Waals surface area contributed by atoms with Gasteiger partial charge in [0.15, 0.2) is 5.96 Å². The number of nitrogens with one attached hydrogen (secondary N) is 3. The van der Waals surface area contributed by atoms with Gasteiger partial charge in [0.2, 0.25) is 23.6 Å². The van der Waals surface area contributed by atoms with E-state index in [9.17, 15) is 34.2 Å². The van der Waals surface area contributed by atoms with Crippen molar-refractivity contribution in [1.82, 2.24) is 16.0 Å². The number of nitrogens with zero attached hydrogens (tertiary/aromatic N) is 1. The highest BCUT2D eigenvalue weighted by Crippen LogP contribution is 2.13. The minimum absolute atomic E-state index is 0.00693. The van der Waals surface area contributed by atoms with E-state index in [4.69, 9.17) is 22.9 Å². The Morgan fingerprint density at radius 3 is 1.95 bits per heavy atom. The summed E-state index contributed by atoms with van der Waals surface area (Å²) in [4.78, 5) is 65.7. The van der Waals surface area contributed by atoms with Crippen molar-refractivity contribution >= 4 is 35.6 Å². The van der Waals surface area contributed by atoms with E-state index in [0.29, 0.717) is 5.56 Å². The van der Waals surface area contributed by atoms with Gasteiger partial charge in [-0.1, -0.05) is 26.0 Å². The van der Waals surface area contributed by atoms with Gasteiger partial charge in [-0.15, -0.1) is 0 Å². The van der Waals surface area contributed by atoms with Crippen molar-refractivity contribution in [2.45, 2.75) is 70.1 Å². The topological polar surface area (TPSA) is 278 Å². The van der Waals surface area contributed by atoms with Crippen molar-refractivity contribution in [1.29, 1.82) is 0 Å². The summed E-state index contributed by atoms with van der Waals surface area (Å²) in [6.07, 6.45) is -0.0219. The van der Waals surface area contributed by atoms with Crippen LogP contribution in [0.25, 0.3) is 0 Å². The van der Waals surface area contributed by atoms with Crippen LogP contribution in [0.15, 0.2) is 29.3 Å². The molecule has 0 saturated carbocycles. The third-order valence-corrected chi connectivity index (χ3v) is 5.67. The van der Waals surface area contributed by atoms with Gasteiger partial charge in [-0.2, -0.15) is 0 Å². The number of primary amides is 1. The SMILES string of the molecule is CC(C)CC(NC(=O)C(N)CC(N)=O)C(=O)NC(Cc1ccc(O)cc1)C(=O)NC(CCCN=C(N)N)C(=O)O. The molecule has 0 fully saturated rings. The second-order valence-electron chi connectivity index (χ2n) is 9.75. The number of aromatic hydroxyl groups is 1. The molecule has 0 spiro atoms. The number of carboxylic acid groups (broad SMARTS) is 1. The summed E-state index contributed by atoms with van der Waals surface area (Å²) in [6, 6.07) is 0.961. The van der Waals surface area contributed by atoms with Crippen molar-refractivity contribution in [2.75, 3.05) is 6.54 Å². The van der Waals surface area contributed by atoms with Crippen LogP contribution in [0.5, 0.6) is 5.75 Å². The first-order valence-electron chi connectivity index (χ1n) is 12.7. The molecule has 0 aliphatic carbocycles. The van der Waals surface area contributed by atoms with Crippen molar-refractivity contribution in [3.8, 4) is 5.75 Å². The summed E-state index contributed by atoms with van der Waals surface area (Å²) in [5, 5.41) is 26.7. The number of hydrogen-bond acceptors (Lipinski definition) is 8. The molecule has 0 radical (unpaired) electrons. The molecule has 0 aliphatic rings. The molecule has 4 amide bonds. The third-order valence-electron chi connectivity index (χ3n) is 5.67. The van der Waals surface area contributed by atoms with E-state index in [1.165, 1.54) is 12.1 Å². The van der Waals surface area contributed by atoms with Gasteiger partial charge in [0.1, 0.15) is 23.9 Å². The number of aliphatic imine (C=N–C) groups is 1. The number of phenols is 1. The maximum absolute atomic E-state index is 13.3. The number of amides is 4. The van der Waals surface area contributed by atoms with Crippen LogP contribution in [0.2, 0.25) is 0 Å². The monoisotopic (exact) mass is 564 g/mol. The van der Waals surface area contributed by atoms with E-state index in [-0.39, 0.29) is 49.9 Å². The lowest BCUT2D eigenvalue weighted by atomic mass is 10.00. The first-order valence-corrected chi connectivity index (χ1v) is 12.7. The molecular weight excluding hydrogens is 524 g/mol. The largest absolute Gasteiger partial charge is 0.508 e. The number of phenolic OH excluding ortho intramolecular Hbond substituents is 1. The Morgan fingerprint density at radius 2 is 1.43 bits per heavy atom. The first-order chi connectivity index (χ1) is 18.7. The quantitative estimate of drug-likeness (QED) is 0.0558. The molecule has 40 heavy (non-hydrogen) atoms. The standard InChI is InChI=1S/C25H40N8O7/c1-13(2)10-18(32-21(36)16(26)12-20(27)35)22(37)33-19(11-14-5-7-15(34)8-6-14)23(38)31-17(24(39)40)4-3-9-30-25(28)29/h5-8,13,16-19,34H,3-4,9-12,26H2,1-2H3,(H2,27,35)(H,31,38)(H,32,36)(H,33,37)(H,39,40)(H4,28,29,30). The molecular formula is C25H40N8O7. The lowest BCUT2D eigenvalue weighted by Crippen LogP contribution is -2.58. The predicted octanol–water partition coefficient (Wildman–Crippen LogP) is -2.22. The summed E-state index contributed by atoms with van der Waals surface area (Å²) in [7, 11) is 0. The molecule has 1 aromatic carbocycles. The molecule has 1 rings (SSSR count). The van der Waals surface area contributed by atoms with Crippen molar-refractivity contribution in [3.05, 3.63) is 29.8 Å². The average molecular weight is 565 g/mol. The van der Waals surface area contributed by atoms with Crippen molar-refractivity contribution in [3.63, 3.8) is 0 Å². The fourth-order valence-electron chi connectivity index (χ4n) is 3.67. The van der Waals surface area contributed by atoms with Gasteiger partial charge < -0.3 is 49.1 Å². The zero-order valence-electron chi connectivity index (χ0n) is 22.6. The van der Waals surface area contributed by atoms with Gasteiger partial charge in [-0.3, -0.25) is 24.2 Å². The number of aliphatic carboxylic acids is 1. The molecule has 15 nitrogen and oxygen atoms in total. The second-order valence-corrected chi connectivity index (χ2v) is 9.75. The van der Waals surface area contributed by atoms with Crippen LogP contribution >= 0.6 is 0 Å². The second kappa shape index (κ2) is 16.5. The fraction of sp³-hybridized carbons (Fsp3) is 0.520. The Hall–Kier alpha value is -4.40. The lowest BCUT2D eigenvalue weighted by Gasteiger charge is -2.26. The van der Waals surface area contributed by atoms with Crippen LogP contribution in [0.1, 0.15) is 45.1 Å². The van der Waals surface area contributed by atoms with E-state index >= 15 is 0 Å². The Bertz CT molecular complexity index is 1060. The molecule has 1 aromatic rings. The molecule has 0 aliphatic heterocycles. The summed E-state index contributed by atoms with van der Waals surface area (Å²) in [5.41, 5.74) is 21.9. The molecule has 0 aromatic heterocycles. The van der Waals surface area contributed by atoms with Crippen molar-refractivity contribution in [2.24, 2.45) is 33.8 Å². The minimum Gasteiger partial charge on any atom is -0.508 e. The molecule has 13 N–H and O–H groups in total. The fourth-order valence-corrected chi connectivity index (χ4v) is 3.67. The highest BCUT2D eigenvalue weighted by Gasteiger charge is 2.31. The Kier molecular flexibility index (Phi) is 13.9. The maximum atomic E-state index is 13.3. The first kappa shape index (κ1) is 33.6. The Labute approximate surface area is 232 Å². The number of carboxylic acids is 1. The van der Waals surface area contributed by atoms with E-state index in [0.717, 1.165) is 0 Å². The molecule has 0 saturated heterocycles. The number of nitrogens with two attached hydrogens (primary N) is 4. The molecule has 4 unspecified atom stereocenters. The Balaban J connectivity index is 3.14. The molecule has 222 valence electrons. The van der Waals surface area contributed by atoms with E-state index in [1.54, 1.807) is 12.1 Å². The molecule has 0 bridgehead atoms. The highest BCUT2D eigenvalue weighted by atomic mass is 16.4.